The Hall–Kier alpha value is -2.62. The molecule has 0 spiro atoms. The highest BCUT2D eigenvalue weighted by atomic mass is 16.2. The van der Waals surface area contributed by atoms with Crippen LogP contribution in [0.2, 0.25) is 0 Å². The maximum atomic E-state index is 12.1. The van der Waals surface area contributed by atoms with E-state index in [9.17, 15) is 9.59 Å². The number of carbonyl (C=O) groups is 2. The molecule has 0 bridgehead atoms. The third kappa shape index (κ3) is 6.89. The number of rotatable bonds is 9. The van der Waals surface area contributed by atoms with Crippen molar-refractivity contribution in [3.8, 4) is 0 Å². The van der Waals surface area contributed by atoms with Gasteiger partial charge in [0.15, 0.2) is 0 Å². The van der Waals surface area contributed by atoms with Crippen molar-refractivity contribution < 1.29 is 9.59 Å². The van der Waals surface area contributed by atoms with Crippen LogP contribution in [0.1, 0.15) is 50.7 Å². The van der Waals surface area contributed by atoms with E-state index >= 15 is 0 Å². The Morgan fingerprint density at radius 2 is 1.67 bits per heavy atom. The van der Waals surface area contributed by atoms with E-state index in [1.165, 1.54) is 18.1 Å². The van der Waals surface area contributed by atoms with Gasteiger partial charge in [0.1, 0.15) is 0 Å². The second kappa shape index (κ2) is 10.5. The summed E-state index contributed by atoms with van der Waals surface area (Å²) in [4.78, 5) is 25.8. The zero-order chi connectivity index (χ0) is 19.6. The SMILES string of the molecule is CC(=O)N(CCC(=O)NCCCc1ccccc1)c1ccc(C(C)C)cc1. The average Bonchev–Trinajstić information content (AvgIpc) is 2.66. The minimum absolute atomic E-state index is 0.0203. The normalized spacial score (nSPS) is 10.7. The molecule has 27 heavy (non-hydrogen) atoms. The molecule has 0 aromatic heterocycles. The fraction of sp³-hybridized carbons (Fsp3) is 0.391. The first-order chi connectivity index (χ1) is 13.0. The molecule has 0 heterocycles. The van der Waals surface area contributed by atoms with Crippen LogP contribution in [0.3, 0.4) is 0 Å². The second-order valence-corrected chi connectivity index (χ2v) is 7.11. The van der Waals surface area contributed by atoms with Gasteiger partial charge in [-0.3, -0.25) is 9.59 Å². The lowest BCUT2D eigenvalue weighted by atomic mass is 10.0. The first kappa shape index (κ1) is 20.7. The summed E-state index contributed by atoms with van der Waals surface area (Å²) in [7, 11) is 0. The van der Waals surface area contributed by atoms with Gasteiger partial charge in [-0.1, -0.05) is 56.3 Å². The molecule has 0 saturated carbocycles. The van der Waals surface area contributed by atoms with Crippen LogP contribution in [-0.4, -0.2) is 24.9 Å². The van der Waals surface area contributed by atoms with Crippen molar-refractivity contribution in [3.05, 3.63) is 65.7 Å². The number of carbonyl (C=O) groups excluding carboxylic acids is 2. The van der Waals surface area contributed by atoms with Crippen molar-refractivity contribution in [2.45, 2.75) is 46.0 Å². The van der Waals surface area contributed by atoms with Crippen LogP contribution >= 0.6 is 0 Å². The van der Waals surface area contributed by atoms with Crippen LogP contribution in [0, 0.1) is 0 Å². The molecule has 0 unspecified atom stereocenters. The minimum atomic E-state index is -0.0517. The Kier molecular flexibility index (Phi) is 8.05. The molecule has 2 rings (SSSR count). The highest BCUT2D eigenvalue weighted by Gasteiger charge is 2.13. The van der Waals surface area contributed by atoms with Gasteiger partial charge in [-0.15, -0.1) is 0 Å². The molecule has 0 aliphatic rings. The highest BCUT2D eigenvalue weighted by Crippen LogP contribution is 2.20. The summed E-state index contributed by atoms with van der Waals surface area (Å²) in [6.45, 7) is 6.85. The second-order valence-electron chi connectivity index (χ2n) is 7.11. The van der Waals surface area contributed by atoms with Crippen molar-refractivity contribution in [2.24, 2.45) is 0 Å². The fourth-order valence-corrected chi connectivity index (χ4v) is 2.97. The number of hydrogen-bond donors (Lipinski definition) is 1. The van der Waals surface area contributed by atoms with Crippen molar-refractivity contribution in [2.75, 3.05) is 18.0 Å². The predicted octanol–water partition coefficient (Wildman–Crippen LogP) is 4.30. The molecular weight excluding hydrogens is 336 g/mol. The van der Waals surface area contributed by atoms with Gasteiger partial charge in [-0.2, -0.15) is 0 Å². The van der Waals surface area contributed by atoms with Crippen molar-refractivity contribution >= 4 is 17.5 Å². The zero-order valence-corrected chi connectivity index (χ0v) is 16.6. The van der Waals surface area contributed by atoms with E-state index in [-0.39, 0.29) is 11.8 Å². The van der Waals surface area contributed by atoms with Crippen LogP contribution in [0.25, 0.3) is 0 Å². The summed E-state index contributed by atoms with van der Waals surface area (Å²) in [6, 6.07) is 18.2. The average molecular weight is 367 g/mol. The highest BCUT2D eigenvalue weighted by molar-refractivity contribution is 5.92. The maximum Gasteiger partial charge on any atom is 0.223 e. The Labute approximate surface area is 162 Å². The summed E-state index contributed by atoms with van der Waals surface area (Å²) in [5.74, 6) is 0.378. The molecule has 2 aromatic rings. The van der Waals surface area contributed by atoms with E-state index in [1.54, 1.807) is 4.90 Å². The van der Waals surface area contributed by atoms with Crippen molar-refractivity contribution in [1.29, 1.82) is 0 Å². The first-order valence-corrected chi connectivity index (χ1v) is 9.66. The van der Waals surface area contributed by atoms with Crippen LogP contribution in [0.4, 0.5) is 5.69 Å². The monoisotopic (exact) mass is 366 g/mol. The molecule has 4 heteroatoms. The van der Waals surface area contributed by atoms with E-state index in [4.69, 9.17) is 0 Å². The van der Waals surface area contributed by atoms with Gasteiger partial charge < -0.3 is 10.2 Å². The van der Waals surface area contributed by atoms with Crippen LogP contribution in [0.15, 0.2) is 54.6 Å². The van der Waals surface area contributed by atoms with E-state index in [0.29, 0.717) is 25.4 Å². The topological polar surface area (TPSA) is 49.4 Å². The van der Waals surface area contributed by atoms with Gasteiger partial charge >= 0.3 is 0 Å². The van der Waals surface area contributed by atoms with E-state index in [0.717, 1.165) is 18.5 Å². The Morgan fingerprint density at radius 1 is 1.00 bits per heavy atom. The van der Waals surface area contributed by atoms with E-state index < -0.39 is 0 Å². The van der Waals surface area contributed by atoms with E-state index in [2.05, 4.69) is 31.3 Å². The lowest BCUT2D eigenvalue weighted by Crippen LogP contribution is -2.34. The number of aryl methyl sites for hydroxylation is 1. The first-order valence-electron chi connectivity index (χ1n) is 9.66. The number of benzene rings is 2. The predicted molar refractivity (Wildman–Crippen MR) is 111 cm³/mol. The lowest BCUT2D eigenvalue weighted by Gasteiger charge is -2.21. The molecule has 2 aromatic carbocycles. The quantitative estimate of drug-likeness (QED) is 0.673. The van der Waals surface area contributed by atoms with E-state index in [1.807, 2.05) is 42.5 Å². The summed E-state index contributed by atoms with van der Waals surface area (Å²) >= 11 is 0. The van der Waals surface area contributed by atoms with Crippen molar-refractivity contribution in [1.82, 2.24) is 5.32 Å². The molecule has 144 valence electrons. The Bertz CT molecular complexity index is 724. The molecule has 4 nitrogen and oxygen atoms in total. The smallest absolute Gasteiger partial charge is 0.223 e. The molecule has 0 atom stereocenters. The molecule has 0 aliphatic heterocycles. The molecular formula is C23H30N2O2. The molecule has 0 saturated heterocycles. The molecule has 0 aliphatic carbocycles. The van der Waals surface area contributed by atoms with Gasteiger partial charge in [0.2, 0.25) is 11.8 Å². The Morgan fingerprint density at radius 3 is 2.26 bits per heavy atom. The van der Waals surface area contributed by atoms with Gasteiger partial charge in [-0.05, 0) is 42.0 Å². The van der Waals surface area contributed by atoms with Crippen LogP contribution in [-0.2, 0) is 16.0 Å². The minimum Gasteiger partial charge on any atom is -0.356 e. The number of amides is 2. The van der Waals surface area contributed by atoms with Crippen molar-refractivity contribution in [3.63, 3.8) is 0 Å². The summed E-state index contributed by atoms with van der Waals surface area (Å²) in [6.07, 6.45) is 2.16. The number of hydrogen-bond acceptors (Lipinski definition) is 2. The van der Waals surface area contributed by atoms with Gasteiger partial charge in [0.05, 0.1) is 0 Å². The third-order valence-electron chi connectivity index (χ3n) is 4.62. The maximum absolute atomic E-state index is 12.1. The lowest BCUT2D eigenvalue weighted by molar-refractivity contribution is -0.121. The molecule has 0 fully saturated rings. The molecule has 0 radical (unpaired) electrons. The third-order valence-corrected chi connectivity index (χ3v) is 4.62. The summed E-state index contributed by atoms with van der Waals surface area (Å²) in [5, 5.41) is 2.95. The molecule has 2 amide bonds. The summed E-state index contributed by atoms with van der Waals surface area (Å²) < 4.78 is 0. The zero-order valence-electron chi connectivity index (χ0n) is 16.6. The standard InChI is InChI=1S/C23H30N2O2/c1-18(2)21-11-13-22(14-12-21)25(19(3)26)17-15-23(27)24-16-7-10-20-8-5-4-6-9-20/h4-6,8-9,11-14,18H,7,10,15-17H2,1-3H3,(H,24,27). The Balaban J connectivity index is 1.77. The number of anilines is 1. The van der Waals surface area contributed by atoms with Gasteiger partial charge in [-0.25, -0.2) is 0 Å². The number of nitrogens with one attached hydrogen (secondary N) is 1. The fourth-order valence-electron chi connectivity index (χ4n) is 2.97. The molecule has 1 N–H and O–H groups in total. The van der Waals surface area contributed by atoms with Crippen LogP contribution < -0.4 is 10.2 Å². The van der Waals surface area contributed by atoms with Gasteiger partial charge in [0, 0.05) is 32.1 Å². The van der Waals surface area contributed by atoms with Crippen LogP contribution in [0.5, 0.6) is 0 Å². The van der Waals surface area contributed by atoms with Gasteiger partial charge in [0.25, 0.3) is 0 Å². The summed E-state index contributed by atoms with van der Waals surface area (Å²) in [5.41, 5.74) is 3.35. The largest absolute Gasteiger partial charge is 0.356 e. The number of nitrogens with zero attached hydrogens (tertiary/aromatic N) is 1.